The molecule has 13 nitrogen and oxygen atoms in total. The summed E-state index contributed by atoms with van der Waals surface area (Å²) in [4.78, 5) is 36.4. The molecule has 0 aliphatic carbocycles. The lowest BCUT2D eigenvalue weighted by atomic mass is 9.99. The van der Waals surface area contributed by atoms with Crippen LogP contribution >= 0.6 is 0 Å². The van der Waals surface area contributed by atoms with Crippen molar-refractivity contribution in [1.29, 1.82) is 0 Å². The first-order valence-electron chi connectivity index (χ1n) is 14.4. The molecule has 0 spiro atoms. The number of rotatable bonds is 12. The zero-order chi connectivity index (χ0) is 34.1. The van der Waals surface area contributed by atoms with Crippen LogP contribution in [-0.2, 0) is 35.0 Å². The van der Waals surface area contributed by atoms with Crippen LogP contribution in [0.5, 0.6) is 28.7 Å². The number of aliphatic hydroxyl groups is 2. The number of benzene rings is 3. The Morgan fingerprint density at radius 3 is 2.06 bits per heavy atom. The quantitative estimate of drug-likeness (QED) is 0.0948. The molecule has 248 valence electrons. The fourth-order valence-corrected chi connectivity index (χ4v) is 4.47. The molecule has 1 aliphatic rings. The van der Waals surface area contributed by atoms with Crippen molar-refractivity contribution in [3.05, 3.63) is 89.5 Å². The summed E-state index contributed by atoms with van der Waals surface area (Å²) >= 11 is 0. The van der Waals surface area contributed by atoms with Crippen molar-refractivity contribution in [3.8, 4) is 28.7 Å². The van der Waals surface area contributed by atoms with Gasteiger partial charge in [0.05, 0.1) is 0 Å². The average molecular weight is 651 g/mol. The highest BCUT2D eigenvalue weighted by Crippen LogP contribution is 2.36. The molecule has 5 atom stereocenters. The summed E-state index contributed by atoms with van der Waals surface area (Å²) in [6.07, 6.45) is -2.30. The summed E-state index contributed by atoms with van der Waals surface area (Å²) < 4.78 is 22.3. The minimum Gasteiger partial charge on any atom is -0.508 e. The fourth-order valence-electron chi connectivity index (χ4n) is 4.47. The Bertz CT molecular complexity index is 1590. The van der Waals surface area contributed by atoms with E-state index in [9.17, 15) is 45.0 Å². The molecular formula is C34H34O13. The van der Waals surface area contributed by atoms with E-state index in [-0.39, 0.29) is 22.8 Å². The molecule has 13 heteroatoms. The van der Waals surface area contributed by atoms with E-state index in [0.29, 0.717) is 18.4 Å². The van der Waals surface area contributed by atoms with Gasteiger partial charge in [0.15, 0.2) is 23.4 Å². The number of carbonyl (C=O) groups is 3. The van der Waals surface area contributed by atoms with Crippen molar-refractivity contribution < 1.29 is 64.0 Å². The molecule has 6 N–H and O–H groups in total. The molecule has 0 bridgehead atoms. The summed E-state index contributed by atoms with van der Waals surface area (Å²) in [5, 5.41) is 60.1. The predicted octanol–water partition coefficient (Wildman–Crippen LogP) is 2.74. The number of phenols is 4. The van der Waals surface area contributed by atoms with E-state index >= 15 is 0 Å². The van der Waals surface area contributed by atoms with E-state index in [1.165, 1.54) is 25.1 Å². The smallest absolute Gasteiger partial charge is 0.331 e. The summed E-state index contributed by atoms with van der Waals surface area (Å²) in [7, 11) is 0. The Labute approximate surface area is 269 Å². The second-order valence-corrected chi connectivity index (χ2v) is 10.7. The Morgan fingerprint density at radius 2 is 1.43 bits per heavy atom. The van der Waals surface area contributed by atoms with Gasteiger partial charge in [0.25, 0.3) is 0 Å². The van der Waals surface area contributed by atoms with Gasteiger partial charge in [-0.05, 0) is 78.6 Å². The predicted molar refractivity (Wildman–Crippen MR) is 165 cm³/mol. The third-order valence-corrected chi connectivity index (χ3v) is 7.04. The van der Waals surface area contributed by atoms with Crippen molar-refractivity contribution >= 4 is 29.9 Å². The molecule has 4 rings (SSSR count). The van der Waals surface area contributed by atoms with E-state index < -0.39 is 66.5 Å². The monoisotopic (exact) mass is 650 g/mol. The van der Waals surface area contributed by atoms with E-state index in [1.54, 1.807) is 36.4 Å². The number of Topliss-reactive ketones (excluding diaryl/α,β-unsaturated/α-hetero) is 1. The lowest BCUT2D eigenvalue weighted by Crippen LogP contribution is -2.61. The van der Waals surface area contributed by atoms with E-state index in [2.05, 4.69) is 0 Å². The van der Waals surface area contributed by atoms with Crippen LogP contribution in [-0.4, -0.2) is 85.7 Å². The molecule has 3 aromatic carbocycles. The lowest BCUT2D eigenvalue weighted by Gasteiger charge is -2.41. The number of carbonyl (C=O) groups excluding carboxylic acids is 3. The maximum Gasteiger partial charge on any atom is 0.331 e. The van der Waals surface area contributed by atoms with Crippen LogP contribution in [0.2, 0.25) is 0 Å². The number of aromatic hydroxyl groups is 4. The highest BCUT2D eigenvalue weighted by Gasteiger charge is 2.48. The van der Waals surface area contributed by atoms with Crippen molar-refractivity contribution in [1.82, 2.24) is 0 Å². The van der Waals surface area contributed by atoms with Gasteiger partial charge in [0.2, 0.25) is 6.29 Å². The number of aryl methyl sites for hydroxylation is 1. The Balaban J connectivity index is 1.47. The SMILES string of the molecule is CC(=O)CCc1ccc(O[C@@H]2O[C@H](COC(=O)/C=C/c3ccc(O)cc3)[C@@H](O)[C@H](O)[C@H]2OC(=O)/C=C/c2cc(O)c(O)c(O)c2)cc1. The van der Waals surface area contributed by atoms with Gasteiger partial charge in [-0.1, -0.05) is 24.3 Å². The van der Waals surface area contributed by atoms with E-state index in [1.807, 2.05) is 0 Å². The molecule has 1 heterocycles. The third-order valence-electron chi connectivity index (χ3n) is 7.04. The molecule has 47 heavy (non-hydrogen) atoms. The maximum absolute atomic E-state index is 12.7. The second-order valence-electron chi connectivity index (χ2n) is 10.7. The highest BCUT2D eigenvalue weighted by atomic mass is 16.7. The molecule has 0 aromatic heterocycles. The van der Waals surface area contributed by atoms with Gasteiger partial charge in [-0.3, -0.25) is 0 Å². The number of phenolic OH excluding ortho intramolecular Hbond substituents is 4. The van der Waals surface area contributed by atoms with Gasteiger partial charge < -0.3 is 54.4 Å². The first-order chi connectivity index (χ1) is 22.4. The molecule has 0 radical (unpaired) electrons. The number of ketones is 1. The number of ether oxygens (including phenoxy) is 4. The van der Waals surface area contributed by atoms with Crippen LogP contribution in [0.1, 0.15) is 30.0 Å². The van der Waals surface area contributed by atoms with E-state index in [4.69, 9.17) is 18.9 Å². The van der Waals surface area contributed by atoms with Gasteiger partial charge in [-0.25, -0.2) is 9.59 Å². The van der Waals surface area contributed by atoms with Gasteiger partial charge in [-0.2, -0.15) is 0 Å². The van der Waals surface area contributed by atoms with Gasteiger partial charge in [0, 0.05) is 18.6 Å². The van der Waals surface area contributed by atoms with Crippen LogP contribution in [0, 0.1) is 0 Å². The van der Waals surface area contributed by atoms with Crippen LogP contribution in [0.25, 0.3) is 12.2 Å². The number of hydrogen-bond acceptors (Lipinski definition) is 13. The zero-order valence-electron chi connectivity index (χ0n) is 25.1. The average Bonchev–Trinajstić information content (AvgIpc) is 3.04. The zero-order valence-corrected chi connectivity index (χ0v) is 25.1. The van der Waals surface area contributed by atoms with Crippen molar-refractivity contribution in [2.24, 2.45) is 0 Å². The molecule has 1 fully saturated rings. The van der Waals surface area contributed by atoms with Crippen molar-refractivity contribution in [2.45, 2.75) is 50.5 Å². The second kappa shape index (κ2) is 15.8. The summed E-state index contributed by atoms with van der Waals surface area (Å²) in [5.74, 6) is -3.45. The number of esters is 2. The maximum atomic E-state index is 12.7. The molecule has 3 aromatic rings. The molecule has 1 aliphatic heterocycles. The summed E-state index contributed by atoms with van der Waals surface area (Å²) in [5.41, 5.74) is 1.61. The van der Waals surface area contributed by atoms with Crippen LogP contribution in [0.3, 0.4) is 0 Å². The largest absolute Gasteiger partial charge is 0.508 e. The van der Waals surface area contributed by atoms with Crippen LogP contribution in [0.4, 0.5) is 0 Å². The standard InChI is InChI=1S/C34H34O13/c1-19(35)2-3-20-6-12-24(13-7-20)45-34-33(47-29(40)15-9-22-16-25(37)30(41)26(38)17-22)32(43)31(42)27(46-34)18-44-28(39)14-8-21-4-10-23(36)11-5-21/h4-17,27,31-34,36-38,41-43H,2-3,18H2,1H3/b14-8+,15-9+/t27-,31-,32+,33-,34-/m1/s1. The van der Waals surface area contributed by atoms with Gasteiger partial charge in [-0.15, -0.1) is 0 Å². The van der Waals surface area contributed by atoms with Crippen molar-refractivity contribution in [3.63, 3.8) is 0 Å². The minimum absolute atomic E-state index is 0.0359. The third kappa shape index (κ3) is 9.81. The van der Waals surface area contributed by atoms with Gasteiger partial charge in [0.1, 0.15) is 42.2 Å². The van der Waals surface area contributed by atoms with Crippen LogP contribution in [0.15, 0.2) is 72.8 Å². The highest BCUT2D eigenvalue weighted by molar-refractivity contribution is 5.88. The molecule has 0 amide bonds. The molecule has 0 saturated carbocycles. The molecular weight excluding hydrogens is 616 g/mol. The lowest BCUT2D eigenvalue weighted by molar-refractivity contribution is -0.281. The van der Waals surface area contributed by atoms with Gasteiger partial charge >= 0.3 is 11.9 Å². The van der Waals surface area contributed by atoms with Crippen LogP contribution < -0.4 is 4.74 Å². The summed E-state index contributed by atoms with van der Waals surface area (Å²) in [6, 6.07) is 14.8. The Hall–Kier alpha value is -5.37. The first-order valence-corrected chi connectivity index (χ1v) is 14.4. The summed E-state index contributed by atoms with van der Waals surface area (Å²) in [6.45, 7) is 0.988. The molecule has 1 saturated heterocycles. The Kier molecular flexibility index (Phi) is 11.6. The topological polar surface area (TPSA) is 210 Å². The fraction of sp³-hybridized carbons (Fsp3) is 0.265. The first kappa shape index (κ1) is 34.5. The van der Waals surface area contributed by atoms with Crippen molar-refractivity contribution in [2.75, 3.05) is 6.61 Å². The number of aliphatic hydroxyl groups excluding tert-OH is 2. The Morgan fingerprint density at radius 1 is 0.809 bits per heavy atom. The van der Waals surface area contributed by atoms with E-state index in [0.717, 1.165) is 35.9 Å². The minimum atomic E-state index is -1.76. The normalized spacial score (nSPS) is 21.0. The number of hydrogen-bond donors (Lipinski definition) is 6. The molecule has 0 unspecified atom stereocenters.